The summed E-state index contributed by atoms with van der Waals surface area (Å²) < 4.78 is 0. The fourth-order valence-electron chi connectivity index (χ4n) is 2.15. The molecule has 2 N–H and O–H groups in total. The van der Waals surface area contributed by atoms with Gasteiger partial charge in [0.2, 0.25) is 5.91 Å². The van der Waals surface area contributed by atoms with Gasteiger partial charge < -0.3 is 10.6 Å². The van der Waals surface area contributed by atoms with Crippen LogP contribution in [0.1, 0.15) is 45.4 Å². The first kappa shape index (κ1) is 10.9. The van der Waals surface area contributed by atoms with Crippen molar-refractivity contribution in [1.82, 2.24) is 10.6 Å². The molecule has 2 fully saturated rings. The third kappa shape index (κ3) is 3.82. The van der Waals surface area contributed by atoms with Gasteiger partial charge in [0, 0.05) is 18.5 Å². The number of hydrogen-bond acceptors (Lipinski definition) is 2. The maximum atomic E-state index is 11.3. The Morgan fingerprint density at radius 3 is 2.60 bits per heavy atom. The molecule has 15 heavy (non-hydrogen) atoms. The van der Waals surface area contributed by atoms with Gasteiger partial charge in [-0.25, -0.2) is 0 Å². The Morgan fingerprint density at radius 2 is 2.00 bits per heavy atom. The SMILES string of the molecule is CC1CC(NCCCC(=O)NC2CC2)C1. The van der Waals surface area contributed by atoms with Crippen LogP contribution in [-0.2, 0) is 4.79 Å². The van der Waals surface area contributed by atoms with Gasteiger partial charge in [0.05, 0.1) is 0 Å². The molecule has 0 aromatic carbocycles. The van der Waals surface area contributed by atoms with Crippen molar-refractivity contribution in [2.45, 2.75) is 57.5 Å². The van der Waals surface area contributed by atoms with Crippen LogP contribution in [0.15, 0.2) is 0 Å². The van der Waals surface area contributed by atoms with Gasteiger partial charge in [0.25, 0.3) is 0 Å². The molecular weight excluding hydrogens is 188 g/mol. The first-order valence-electron chi connectivity index (χ1n) is 6.27. The second kappa shape index (κ2) is 4.97. The molecule has 0 heterocycles. The second-order valence-corrected chi connectivity index (χ2v) is 5.17. The highest BCUT2D eigenvalue weighted by Gasteiger charge is 2.24. The second-order valence-electron chi connectivity index (χ2n) is 5.17. The van der Waals surface area contributed by atoms with E-state index in [2.05, 4.69) is 17.6 Å². The number of amides is 1. The first-order valence-corrected chi connectivity index (χ1v) is 6.27. The van der Waals surface area contributed by atoms with Crippen molar-refractivity contribution in [2.24, 2.45) is 5.92 Å². The zero-order valence-electron chi connectivity index (χ0n) is 9.59. The molecule has 0 aromatic heterocycles. The van der Waals surface area contributed by atoms with E-state index in [1.54, 1.807) is 0 Å². The van der Waals surface area contributed by atoms with Crippen molar-refractivity contribution < 1.29 is 4.79 Å². The minimum Gasteiger partial charge on any atom is -0.353 e. The lowest BCUT2D eigenvalue weighted by atomic mass is 9.82. The molecular formula is C12H22N2O. The fourth-order valence-corrected chi connectivity index (χ4v) is 2.15. The van der Waals surface area contributed by atoms with Crippen molar-refractivity contribution in [3.63, 3.8) is 0 Å². The quantitative estimate of drug-likeness (QED) is 0.651. The lowest BCUT2D eigenvalue weighted by Crippen LogP contribution is -2.40. The summed E-state index contributed by atoms with van der Waals surface area (Å²) >= 11 is 0. The van der Waals surface area contributed by atoms with E-state index < -0.39 is 0 Å². The molecule has 0 aromatic rings. The number of rotatable bonds is 6. The summed E-state index contributed by atoms with van der Waals surface area (Å²) in [6.45, 7) is 3.29. The van der Waals surface area contributed by atoms with Crippen LogP contribution in [0.2, 0.25) is 0 Å². The van der Waals surface area contributed by atoms with Gasteiger partial charge in [0.1, 0.15) is 0 Å². The molecule has 2 aliphatic rings. The number of nitrogens with one attached hydrogen (secondary N) is 2. The molecule has 0 radical (unpaired) electrons. The monoisotopic (exact) mass is 210 g/mol. The Balaban J connectivity index is 1.42. The highest BCUT2D eigenvalue weighted by atomic mass is 16.1. The number of carbonyl (C=O) groups is 1. The Labute approximate surface area is 92.0 Å². The van der Waals surface area contributed by atoms with Crippen LogP contribution in [0.3, 0.4) is 0 Å². The molecule has 0 unspecified atom stereocenters. The van der Waals surface area contributed by atoms with E-state index >= 15 is 0 Å². The highest BCUT2D eigenvalue weighted by Crippen LogP contribution is 2.26. The molecule has 0 spiro atoms. The van der Waals surface area contributed by atoms with E-state index in [9.17, 15) is 4.79 Å². The maximum Gasteiger partial charge on any atom is 0.220 e. The molecule has 3 nitrogen and oxygen atoms in total. The molecule has 2 saturated carbocycles. The van der Waals surface area contributed by atoms with Crippen molar-refractivity contribution >= 4 is 5.91 Å². The molecule has 0 saturated heterocycles. The summed E-state index contributed by atoms with van der Waals surface area (Å²) in [6, 6.07) is 1.24. The smallest absolute Gasteiger partial charge is 0.220 e. The number of carbonyl (C=O) groups excluding carboxylic acids is 1. The standard InChI is InChI=1S/C12H22N2O/c1-9-7-11(8-9)13-6-2-3-12(15)14-10-4-5-10/h9-11,13H,2-8H2,1H3,(H,14,15). The third-order valence-electron chi connectivity index (χ3n) is 3.33. The van der Waals surface area contributed by atoms with E-state index in [1.165, 1.54) is 25.7 Å². The fraction of sp³-hybridized carbons (Fsp3) is 0.917. The van der Waals surface area contributed by atoms with Gasteiger partial charge >= 0.3 is 0 Å². The summed E-state index contributed by atoms with van der Waals surface area (Å²) in [5, 5.41) is 6.50. The van der Waals surface area contributed by atoms with Crippen LogP contribution in [0.4, 0.5) is 0 Å². The van der Waals surface area contributed by atoms with E-state index in [1.807, 2.05) is 0 Å². The van der Waals surface area contributed by atoms with E-state index in [-0.39, 0.29) is 5.91 Å². The molecule has 2 rings (SSSR count). The van der Waals surface area contributed by atoms with Crippen LogP contribution in [0.5, 0.6) is 0 Å². The van der Waals surface area contributed by atoms with Gasteiger partial charge in [0.15, 0.2) is 0 Å². The van der Waals surface area contributed by atoms with Crippen LogP contribution in [0, 0.1) is 5.92 Å². The molecule has 2 aliphatic carbocycles. The molecule has 3 heteroatoms. The van der Waals surface area contributed by atoms with Crippen molar-refractivity contribution in [2.75, 3.05) is 6.54 Å². The summed E-state index contributed by atoms with van der Waals surface area (Å²) in [6.07, 6.45) is 6.66. The Morgan fingerprint density at radius 1 is 1.27 bits per heavy atom. The molecule has 0 atom stereocenters. The summed E-state index contributed by atoms with van der Waals surface area (Å²) in [5.74, 6) is 1.14. The summed E-state index contributed by atoms with van der Waals surface area (Å²) in [7, 11) is 0. The van der Waals surface area contributed by atoms with Gasteiger partial charge in [-0.15, -0.1) is 0 Å². The Bertz CT molecular complexity index is 220. The van der Waals surface area contributed by atoms with Gasteiger partial charge in [-0.05, 0) is 44.6 Å². The molecule has 0 bridgehead atoms. The average molecular weight is 210 g/mol. The van der Waals surface area contributed by atoms with Gasteiger partial charge in [-0.3, -0.25) is 4.79 Å². The Kier molecular flexibility index (Phi) is 3.62. The van der Waals surface area contributed by atoms with Crippen LogP contribution >= 0.6 is 0 Å². The predicted octanol–water partition coefficient (Wildman–Crippen LogP) is 1.43. The normalized spacial score (nSPS) is 29.7. The minimum absolute atomic E-state index is 0.237. The predicted molar refractivity (Wildman–Crippen MR) is 60.6 cm³/mol. The van der Waals surface area contributed by atoms with E-state index in [4.69, 9.17) is 0 Å². The topological polar surface area (TPSA) is 41.1 Å². The lowest BCUT2D eigenvalue weighted by molar-refractivity contribution is -0.121. The van der Waals surface area contributed by atoms with Crippen molar-refractivity contribution in [3.05, 3.63) is 0 Å². The van der Waals surface area contributed by atoms with Gasteiger partial charge in [-0.2, -0.15) is 0 Å². The lowest BCUT2D eigenvalue weighted by Gasteiger charge is -2.33. The summed E-state index contributed by atoms with van der Waals surface area (Å²) in [4.78, 5) is 11.3. The van der Waals surface area contributed by atoms with Crippen LogP contribution in [-0.4, -0.2) is 24.5 Å². The van der Waals surface area contributed by atoms with Gasteiger partial charge in [-0.1, -0.05) is 6.92 Å². The molecule has 1 amide bonds. The first-order chi connectivity index (χ1) is 7.24. The zero-order valence-corrected chi connectivity index (χ0v) is 9.59. The van der Waals surface area contributed by atoms with E-state index in [0.717, 1.165) is 24.9 Å². The average Bonchev–Trinajstić information content (AvgIpc) is 2.92. The molecule has 0 aliphatic heterocycles. The Hall–Kier alpha value is -0.570. The summed E-state index contributed by atoms with van der Waals surface area (Å²) in [5.41, 5.74) is 0. The van der Waals surface area contributed by atoms with Crippen LogP contribution in [0.25, 0.3) is 0 Å². The third-order valence-corrected chi connectivity index (χ3v) is 3.33. The van der Waals surface area contributed by atoms with Crippen molar-refractivity contribution in [3.8, 4) is 0 Å². The highest BCUT2D eigenvalue weighted by molar-refractivity contribution is 5.76. The zero-order chi connectivity index (χ0) is 10.7. The maximum absolute atomic E-state index is 11.3. The van der Waals surface area contributed by atoms with E-state index in [0.29, 0.717) is 12.5 Å². The van der Waals surface area contributed by atoms with Crippen molar-refractivity contribution in [1.29, 1.82) is 0 Å². The largest absolute Gasteiger partial charge is 0.353 e. The number of hydrogen-bond donors (Lipinski definition) is 2. The van der Waals surface area contributed by atoms with Crippen LogP contribution < -0.4 is 10.6 Å². The molecule has 86 valence electrons. The minimum atomic E-state index is 0.237.